The second-order valence-corrected chi connectivity index (χ2v) is 5.56. The molecular formula is C15H11BrFNO2. The molecule has 102 valence electrons. The molecule has 0 saturated carbocycles. The summed E-state index contributed by atoms with van der Waals surface area (Å²) >= 11 is 3.55. The number of alkyl halides is 1. The van der Waals surface area contributed by atoms with Crippen molar-refractivity contribution < 1.29 is 8.81 Å². The molecule has 0 aliphatic carbocycles. The van der Waals surface area contributed by atoms with Crippen LogP contribution in [0, 0.1) is 12.7 Å². The van der Waals surface area contributed by atoms with E-state index in [0.717, 1.165) is 11.1 Å². The zero-order valence-electron chi connectivity index (χ0n) is 10.6. The zero-order valence-corrected chi connectivity index (χ0v) is 12.2. The van der Waals surface area contributed by atoms with Crippen LogP contribution in [0.5, 0.6) is 0 Å². The average Bonchev–Trinajstić information content (AvgIpc) is 2.80. The monoisotopic (exact) mass is 335 g/mol. The smallest absolute Gasteiger partial charge is 0.408 e. The van der Waals surface area contributed by atoms with Gasteiger partial charge in [0.15, 0.2) is 5.58 Å². The fourth-order valence-electron chi connectivity index (χ4n) is 2.08. The van der Waals surface area contributed by atoms with Crippen LogP contribution >= 0.6 is 15.9 Å². The third-order valence-electron chi connectivity index (χ3n) is 3.23. The van der Waals surface area contributed by atoms with E-state index in [4.69, 9.17) is 4.42 Å². The van der Waals surface area contributed by atoms with Gasteiger partial charge in [-0.3, -0.25) is 4.98 Å². The van der Waals surface area contributed by atoms with Crippen LogP contribution in [0.25, 0.3) is 11.1 Å². The van der Waals surface area contributed by atoms with E-state index in [2.05, 4.69) is 20.9 Å². The van der Waals surface area contributed by atoms with Crippen LogP contribution in [0.2, 0.25) is 0 Å². The van der Waals surface area contributed by atoms with E-state index in [1.165, 1.54) is 6.07 Å². The molecule has 20 heavy (non-hydrogen) atoms. The summed E-state index contributed by atoms with van der Waals surface area (Å²) in [6.45, 7) is 1.73. The lowest BCUT2D eigenvalue weighted by atomic mass is 10.0. The van der Waals surface area contributed by atoms with Gasteiger partial charge in [-0.05, 0) is 41.8 Å². The molecule has 0 saturated heterocycles. The fraction of sp³-hybridized carbons (Fsp3) is 0.133. The van der Waals surface area contributed by atoms with Gasteiger partial charge in [-0.15, -0.1) is 0 Å². The molecule has 0 amide bonds. The Hall–Kier alpha value is -1.88. The predicted octanol–water partition coefficient (Wildman–Crippen LogP) is 4.05. The molecule has 1 unspecified atom stereocenters. The molecule has 0 aliphatic rings. The summed E-state index contributed by atoms with van der Waals surface area (Å²) in [5, 5.41) is 0. The van der Waals surface area contributed by atoms with E-state index in [1.807, 2.05) is 12.1 Å². The van der Waals surface area contributed by atoms with Crippen LogP contribution in [0.4, 0.5) is 4.39 Å². The number of rotatable bonds is 2. The van der Waals surface area contributed by atoms with E-state index < -0.39 is 5.76 Å². The third-order valence-corrected chi connectivity index (χ3v) is 4.28. The molecular weight excluding hydrogens is 325 g/mol. The van der Waals surface area contributed by atoms with Gasteiger partial charge in [-0.1, -0.05) is 34.1 Å². The van der Waals surface area contributed by atoms with Crippen LogP contribution < -0.4 is 5.76 Å². The highest BCUT2D eigenvalue weighted by molar-refractivity contribution is 9.09. The molecule has 0 aliphatic heterocycles. The SMILES string of the molecule is Cc1ccc(C(Br)c2ccc3[nH]c(=O)oc3c2)cc1F. The van der Waals surface area contributed by atoms with Crippen molar-refractivity contribution in [3.63, 3.8) is 0 Å². The topological polar surface area (TPSA) is 46.0 Å². The molecule has 3 rings (SSSR count). The van der Waals surface area contributed by atoms with Gasteiger partial charge in [-0.25, -0.2) is 9.18 Å². The maximum atomic E-state index is 13.6. The van der Waals surface area contributed by atoms with Gasteiger partial charge >= 0.3 is 5.76 Å². The molecule has 5 heteroatoms. The first-order valence-corrected chi connectivity index (χ1v) is 6.99. The van der Waals surface area contributed by atoms with E-state index in [9.17, 15) is 9.18 Å². The van der Waals surface area contributed by atoms with Crippen molar-refractivity contribution >= 4 is 27.0 Å². The number of fused-ring (bicyclic) bond motifs is 1. The third kappa shape index (κ3) is 2.29. The summed E-state index contributed by atoms with van der Waals surface area (Å²) in [6, 6.07) is 10.5. The van der Waals surface area contributed by atoms with E-state index in [-0.39, 0.29) is 10.6 Å². The van der Waals surface area contributed by atoms with Crippen LogP contribution in [0.3, 0.4) is 0 Å². The molecule has 2 aromatic carbocycles. The summed E-state index contributed by atoms with van der Waals surface area (Å²) in [7, 11) is 0. The summed E-state index contributed by atoms with van der Waals surface area (Å²) < 4.78 is 18.7. The number of hydrogen-bond acceptors (Lipinski definition) is 2. The van der Waals surface area contributed by atoms with Crippen LogP contribution in [0.1, 0.15) is 21.5 Å². The minimum Gasteiger partial charge on any atom is -0.408 e. The maximum absolute atomic E-state index is 13.6. The Morgan fingerprint density at radius 1 is 1.20 bits per heavy atom. The largest absolute Gasteiger partial charge is 0.417 e. The van der Waals surface area contributed by atoms with E-state index in [0.29, 0.717) is 16.7 Å². The van der Waals surface area contributed by atoms with Gasteiger partial charge in [0.1, 0.15) is 5.82 Å². The van der Waals surface area contributed by atoms with Crippen molar-refractivity contribution in [1.29, 1.82) is 0 Å². The normalized spacial score (nSPS) is 12.8. The van der Waals surface area contributed by atoms with Crippen molar-refractivity contribution in [2.24, 2.45) is 0 Å². The summed E-state index contributed by atoms with van der Waals surface area (Å²) in [5.41, 5.74) is 3.45. The molecule has 0 spiro atoms. The lowest BCUT2D eigenvalue weighted by Crippen LogP contribution is -1.94. The van der Waals surface area contributed by atoms with Gasteiger partial charge in [0.25, 0.3) is 0 Å². The van der Waals surface area contributed by atoms with Gasteiger partial charge in [0.05, 0.1) is 10.3 Å². The van der Waals surface area contributed by atoms with Crippen molar-refractivity contribution in [1.82, 2.24) is 4.98 Å². The number of oxazole rings is 1. The second-order valence-electron chi connectivity index (χ2n) is 4.64. The molecule has 0 radical (unpaired) electrons. The first-order valence-electron chi connectivity index (χ1n) is 6.07. The van der Waals surface area contributed by atoms with Crippen LogP contribution in [-0.4, -0.2) is 4.98 Å². The number of hydrogen-bond donors (Lipinski definition) is 1. The maximum Gasteiger partial charge on any atom is 0.417 e. The summed E-state index contributed by atoms with van der Waals surface area (Å²) in [4.78, 5) is 13.6. The highest BCUT2D eigenvalue weighted by Gasteiger charge is 2.13. The van der Waals surface area contributed by atoms with Gasteiger partial charge in [0.2, 0.25) is 0 Å². The second kappa shape index (κ2) is 4.90. The Balaban J connectivity index is 2.04. The summed E-state index contributed by atoms with van der Waals surface area (Å²) in [6.07, 6.45) is 0. The lowest BCUT2D eigenvalue weighted by molar-refractivity contribution is 0.555. The first kappa shape index (κ1) is 13.1. The van der Waals surface area contributed by atoms with Gasteiger partial charge in [-0.2, -0.15) is 0 Å². The van der Waals surface area contributed by atoms with Gasteiger partial charge < -0.3 is 4.42 Å². The molecule has 0 fully saturated rings. The van der Waals surface area contributed by atoms with E-state index >= 15 is 0 Å². The Morgan fingerprint density at radius 2 is 1.90 bits per heavy atom. The summed E-state index contributed by atoms with van der Waals surface area (Å²) in [5.74, 6) is -0.717. The zero-order chi connectivity index (χ0) is 14.3. The average molecular weight is 336 g/mol. The molecule has 3 aromatic rings. The highest BCUT2D eigenvalue weighted by atomic mass is 79.9. The Morgan fingerprint density at radius 3 is 2.65 bits per heavy atom. The number of halogens is 2. The van der Waals surface area contributed by atoms with Crippen LogP contribution in [-0.2, 0) is 0 Å². The van der Waals surface area contributed by atoms with E-state index in [1.54, 1.807) is 25.1 Å². The van der Waals surface area contributed by atoms with Crippen molar-refractivity contribution in [2.75, 3.05) is 0 Å². The molecule has 0 bridgehead atoms. The standard InChI is InChI=1S/C15H11BrFNO2/c1-8-2-3-9(6-11(8)17)14(16)10-4-5-12-13(7-10)20-15(19)18-12/h2-7,14H,1H3,(H,18,19). The molecule has 1 heterocycles. The number of aromatic amines is 1. The van der Waals surface area contributed by atoms with Crippen molar-refractivity contribution in [3.05, 3.63) is 69.5 Å². The van der Waals surface area contributed by atoms with Crippen molar-refractivity contribution in [2.45, 2.75) is 11.8 Å². The quantitative estimate of drug-likeness (QED) is 0.718. The van der Waals surface area contributed by atoms with Crippen molar-refractivity contribution in [3.8, 4) is 0 Å². The van der Waals surface area contributed by atoms with Crippen LogP contribution in [0.15, 0.2) is 45.6 Å². The first-order chi connectivity index (χ1) is 9.54. The number of aryl methyl sites for hydroxylation is 1. The lowest BCUT2D eigenvalue weighted by Gasteiger charge is -2.11. The minimum atomic E-state index is -0.482. The van der Waals surface area contributed by atoms with Gasteiger partial charge in [0, 0.05) is 0 Å². The number of nitrogens with one attached hydrogen (secondary N) is 1. The molecule has 1 atom stereocenters. The molecule has 1 N–H and O–H groups in total. The Bertz CT molecular complexity index is 837. The number of aromatic nitrogens is 1. The minimum absolute atomic E-state index is 0.165. The molecule has 3 nitrogen and oxygen atoms in total. The number of benzene rings is 2. The highest BCUT2D eigenvalue weighted by Crippen LogP contribution is 2.32. The Labute approximate surface area is 122 Å². The number of H-pyrrole nitrogens is 1. The molecule has 1 aromatic heterocycles. The Kier molecular flexibility index (Phi) is 3.22. The predicted molar refractivity (Wildman–Crippen MR) is 78.7 cm³/mol. The fourth-order valence-corrected chi connectivity index (χ4v) is 2.65.